The number of carbonyl (C=O) groups excluding carboxylic acids is 3. The number of nitrogens with one attached hydrogen (secondary N) is 1. The quantitative estimate of drug-likeness (QED) is 0.692. The lowest BCUT2D eigenvalue weighted by Crippen LogP contribution is -2.46. The number of nitrogens with two attached hydrogens (primary N) is 1. The van der Waals surface area contributed by atoms with E-state index in [9.17, 15) is 14.4 Å². The zero-order valence-corrected chi connectivity index (χ0v) is 11.1. The van der Waals surface area contributed by atoms with E-state index < -0.39 is 29.6 Å². The van der Waals surface area contributed by atoms with E-state index in [2.05, 4.69) is 10.1 Å². The van der Waals surface area contributed by atoms with Crippen LogP contribution in [0.2, 0.25) is 0 Å². The topological polar surface area (TPSA) is 108 Å². The fourth-order valence-corrected chi connectivity index (χ4v) is 1.10. The maximum absolute atomic E-state index is 11.4. The van der Waals surface area contributed by atoms with Gasteiger partial charge in [-0.1, -0.05) is 0 Å². The van der Waals surface area contributed by atoms with Gasteiger partial charge in [0, 0.05) is 6.42 Å². The summed E-state index contributed by atoms with van der Waals surface area (Å²) in [6.45, 7) is 5.08. The first-order valence-electron chi connectivity index (χ1n) is 5.51. The van der Waals surface area contributed by atoms with Crippen LogP contribution in [0.4, 0.5) is 4.79 Å². The molecule has 104 valence electrons. The Balaban J connectivity index is 4.32. The largest absolute Gasteiger partial charge is 0.469 e. The maximum Gasteiger partial charge on any atom is 0.408 e. The Morgan fingerprint density at radius 2 is 1.83 bits per heavy atom. The highest BCUT2D eigenvalue weighted by Crippen LogP contribution is 2.07. The third-order valence-corrected chi connectivity index (χ3v) is 1.90. The van der Waals surface area contributed by atoms with Crippen LogP contribution >= 0.6 is 0 Å². The molecule has 7 nitrogen and oxygen atoms in total. The molecule has 3 N–H and O–H groups in total. The highest BCUT2D eigenvalue weighted by atomic mass is 16.6. The minimum Gasteiger partial charge on any atom is -0.469 e. The maximum atomic E-state index is 11.4. The van der Waals surface area contributed by atoms with Crippen molar-refractivity contribution in [1.82, 2.24) is 5.32 Å². The molecule has 0 aliphatic heterocycles. The van der Waals surface area contributed by atoms with Crippen molar-refractivity contribution in [2.75, 3.05) is 7.11 Å². The van der Waals surface area contributed by atoms with Gasteiger partial charge in [-0.2, -0.15) is 0 Å². The number of ether oxygens (including phenoxy) is 2. The van der Waals surface area contributed by atoms with Gasteiger partial charge >= 0.3 is 12.1 Å². The van der Waals surface area contributed by atoms with E-state index in [1.807, 2.05) is 0 Å². The summed E-state index contributed by atoms with van der Waals surface area (Å²) in [5.41, 5.74) is 4.44. The van der Waals surface area contributed by atoms with Crippen LogP contribution in [0.1, 0.15) is 33.6 Å². The summed E-state index contributed by atoms with van der Waals surface area (Å²) < 4.78 is 9.41. The molecule has 0 radical (unpaired) electrons. The molecule has 7 heteroatoms. The molecule has 0 fully saturated rings. The van der Waals surface area contributed by atoms with E-state index in [1.54, 1.807) is 20.8 Å². The van der Waals surface area contributed by atoms with Crippen LogP contribution in [0.3, 0.4) is 0 Å². The molecule has 0 heterocycles. The lowest BCUT2D eigenvalue weighted by atomic mass is 10.1. The van der Waals surface area contributed by atoms with Crippen molar-refractivity contribution < 1.29 is 23.9 Å². The highest BCUT2D eigenvalue weighted by Gasteiger charge is 2.23. The summed E-state index contributed by atoms with van der Waals surface area (Å²) in [5, 5.41) is 2.31. The van der Waals surface area contributed by atoms with E-state index in [0.29, 0.717) is 0 Å². The van der Waals surface area contributed by atoms with Gasteiger partial charge in [-0.15, -0.1) is 0 Å². The first-order chi connectivity index (χ1) is 8.15. The number of methoxy groups -OCH3 is 1. The second-order valence-electron chi connectivity index (χ2n) is 4.72. The van der Waals surface area contributed by atoms with Gasteiger partial charge < -0.3 is 20.5 Å². The third-order valence-electron chi connectivity index (χ3n) is 1.90. The lowest BCUT2D eigenvalue weighted by Gasteiger charge is -2.22. The summed E-state index contributed by atoms with van der Waals surface area (Å²) in [5.74, 6) is -1.21. The fraction of sp³-hybridized carbons (Fsp3) is 0.727. The second-order valence-corrected chi connectivity index (χ2v) is 4.72. The molecular formula is C11H20N2O5. The van der Waals surface area contributed by atoms with Crippen LogP contribution in [0.15, 0.2) is 0 Å². The molecular weight excluding hydrogens is 240 g/mol. The van der Waals surface area contributed by atoms with Crippen LogP contribution in [0, 0.1) is 0 Å². The molecule has 1 atom stereocenters. The predicted octanol–water partition coefficient (Wildman–Crippen LogP) is 0.318. The van der Waals surface area contributed by atoms with Crippen LogP contribution in [0.25, 0.3) is 0 Å². The van der Waals surface area contributed by atoms with E-state index >= 15 is 0 Å². The first-order valence-corrected chi connectivity index (χ1v) is 5.51. The Bertz CT molecular complexity index is 322. The van der Waals surface area contributed by atoms with Gasteiger partial charge in [0.05, 0.1) is 7.11 Å². The van der Waals surface area contributed by atoms with E-state index in [0.717, 1.165) is 0 Å². The van der Waals surface area contributed by atoms with E-state index in [-0.39, 0.29) is 12.8 Å². The first kappa shape index (κ1) is 16.2. The molecule has 0 aliphatic carbocycles. The van der Waals surface area contributed by atoms with Gasteiger partial charge in [0.15, 0.2) is 0 Å². The van der Waals surface area contributed by atoms with Crippen LogP contribution in [0.5, 0.6) is 0 Å². The molecule has 0 aliphatic rings. The van der Waals surface area contributed by atoms with Crippen molar-refractivity contribution in [2.45, 2.75) is 45.3 Å². The summed E-state index contributed by atoms with van der Waals surface area (Å²) in [4.78, 5) is 33.5. The number of carbonyl (C=O) groups is 3. The molecule has 0 saturated heterocycles. The van der Waals surface area contributed by atoms with Crippen molar-refractivity contribution in [2.24, 2.45) is 5.73 Å². The zero-order chi connectivity index (χ0) is 14.3. The van der Waals surface area contributed by atoms with Gasteiger partial charge in [-0.25, -0.2) is 4.79 Å². The number of primary amides is 1. The molecule has 0 aromatic heterocycles. The van der Waals surface area contributed by atoms with E-state index in [4.69, 9.17) is 10.5 Å². The SMILES string of the molecule is COC(=O)CCC(NC(=O)OC(C)(C)C)C(N)=O. The highest BCUT2D eigenvalue weighted by molar-refractivity contribution is 5.84. The Morgan fingerprint density at radius 1 is 1.28 bits per heavy atom. The normalized spacial score (nSPS) is 12.4. The molecule has 18 heavy (non-hydrogen) atoms. The van der Waals surface area contributed by atoms with Gasteiger partial charge in [0.1, 0.15) is 11.6 Å². The van der Waals surface area contributed by atoms with E-state index in [1.165, 1.54) is 7.11 Å². The molecule has 1 unspecified atom stereocenters. The molecule has 2 amide bonds. The fourth-order valence-electron chi connectivity index (χ4n) is 1.10. The summed E-state index contributed by atoms with van der Waals surface area (Å²) in [7, 11) is 1.24. The monoisotopic (exact) mass is 260 g/mol. The average Bonchev–Trinajstić information content (AvgIpc) is 2.20. The van der Waals surface area contributed by atoms with Gasteiger partial charge in [0.25, 0.3) is 0 Å². The number of hydrogen-bond donors (Lipinski definition) is 2. The van der Waals surface area contributed by atoms with Crippen LogP contribution < -0.4 is 11.1 Å². The number of hydrogen-bond acceptors (Lipinski definition) is 5. The minimum atomic E-state index is -0.959. The number of amides is 2. The number of esters is 1. The minimum absolute atomic E-state index is 0.0140. The molecule has 0 bridgehead atoms. The second kappa shape index (κ2) is 6.83. The number of alkyl carbamates (subject to hydrolysis) is 1. The average molecular weight is 260 g/mol. The Morgan fingerprint density at radius 3 is 2.22 bits per heavy atom. The standard InChI is InChI=1S/C11H20N2O5/c1-11(2,3)18-10(16)13-7(9(12)15)5-6-8(14)17-4/h7H,5-6H2,1-4H3,(H2,12,15)(H,13,16). The van der Waals surface area contributed by atoms with Crippen molar-refractivity contribution in [1.29, 1.82) is 0 Å². The Hall–Kier alpha value is -1.79. The third kappa shape index (κ3) is 7.48. The Labute approximate surface area is 106 Å². The zero-order valence-electron chi connectivity index (χ0n) is 11.1. The van der Waals surface area contributed by atoms with Crippen molar-refractivity contribution in [3.8, 4) is 0 Å². The van der Waals surface area contributed by atoms with Crippen molar-refractivity contribution in [3.05, 3.63) is 0 Å². The van der Waals surface area contributed by atoms with Crippen molar-refractivity contribution >= 4 is 18.0 Å². The lowest BCUT2D eigenvalue weighted by molar-refractivity contribution is -0.140. The molecule has 0 spiro atoms. The predicted molar refractivity (Wildman–Crippen MR) is 63.6 cm³/mol. The molecule has 0 saturated carbocycles. The number of rotatable bonds is 5. The van der Waals surface area contributed by atoms with Gasteiger partial charge in [-0.05, 0) is 27.2 Å². The van der Waals surface area contributed by atoms with Gasteiger partial charge in [-0.3, -0.25) is 9.59 Å². The summed E-state index contributed by atoms with van der Waals surface area (Å²) >= 11 is 0. The van der Waals surface area contributed by atoms with Crippen molar-refractivity contribution in [3.63, 3.8) is 0 Å². The molecule has 0 aromatic carbocycles. The van der Waals surface area contributed by atoms with Gasteiger partial charge in [0.2, 0.25) is 5.91 Å². The molecule has 0 rings (SSSR count). The summed E-state index contributed by atoms with van der Waals surface area (Å²) in [6.07, 6.45) is -0.697. The van der Waals surface area contributed by atoms with Crippen LogP contribution in [-0.4, -0.2) is 36.7 Å². The molecule has 0 aromatic rings. The smallest absolute Gasteiger partial charge is 0.408 e. The van der Waals surface area contributed by atoms with Crippen LogP contribution in [-0.2, 0) is 19.1 Å². The Kier molecular flexibility index (Phi) is 6.15. The summed E-state index contributed by atoms with van der Waals surface area (Å²) in [6, 6.07) is -0.959.